The smallest absolute Gasteiger partial charge is 0.440 e. The van der Waals surface area contributed by atoms with Crippen LogP contribution in [0.25, 0.3) is 0 Å². The minimum Gasteiger partial charge on any atom is -0.442 e. The highest BCUT2D eigenvalue weighted by Gasteiger charge is 2.29. The van der Waals surface area contributed by atoms with Gasteiger partial charge in [0.05, 0.1) is 0 Å². The Morgan fingerprint density at radius 2 is 1.92 bits per heavy atom. The number of hydrogen-bond acceptors (Lipinski definition) is 5. The van der Waals surface area contributed by atoms with Gasteiger partial charge in [-0.05, 0) is 51.3 Å². The lowest BCUT2D eigenvalue weighted by atomic mass is 10.2. The molecular formula is C18H25N3O4. The molecule has 1 aromatic carbocycles. The van der Waals surface area contributed by atoms with Gasteiger partial charge in [-0.15, -0.1) is 5.06 Å². The quantitative estimate of drug-likeness (QED) is 0.486. The Morgan fingerprint density at radius 3 is 2.44 bits per heavy atom. The van der Waals surface area contributed by atoms with Gasteiger partial charge in [-0.2, -0.15) is 0 Å². The Labute approximate surface area is 148 Å². The molecule has 7 nitrogen and oxygen atoms in total. The van der Waals surface area contributed by atoms with Gasteiger partial charge >= 0.3 is 6.09 Å². The van der Waals surface area contributed by atoms with Gasteiger partial charge in [0.1, 0.15) is 18.5 Å². The van der Waals surface area contributed by atoms with E-state index in [9.17, 15) is 9.59 Å². The molecule has 0 heterocycles. The molecule has 25 heavy (non-hydrogen) atoms. The average Bonchev–Trinajstić information content (AvgIpc) is 3.36. The van der Waals surface area contributed by atoms with Crippen molar-refractivity contribution in [3.8, 4) is 0 Å². The van der Waals surface area contributed by atoms with Crippen LogP contribution in [0, 0.1) is 5.92 Å². The number of nitrogens with one attached hydrogen (secondary N) is 1. The number of ether oxygens (including phenoxy) is 1. The van der Waals surface area contributed by atoms with Crippen LogP contribution in [0.15, 0.2) is 29.3 Å². The van der Waals surface area contributed by atoms with E-state index < -0.39 is 11.7 Å². The summed E-state index contributed by atoms with van der Waals surface area (Å²) in [7, 11) is 1.54. The molecule has 1 fully saturated rings. The van der Waals surface area contributed by atoms with E-state index in [1.807, 2.05) is 24.3 Å². The number of benzene rings is 1. The third kappa shape index (κ3) is 6.54. The molecule has 0 radical (unpaired) electrons. The first-order valence-electron chi connectivity index (χ1n) is 8.26. The second-order valence-electron chi connectivity index (χ2n) is 6.91. The maximum absolute atomic E-state index is 12.1. The molecule has 1 aliphatic carbocycles. The predicted molar refractivity (Wildman–Crippen MR) is 95.1 cm³/mol. The topological polar surface area (TPSA) is 80.2 Å². The number of amides is 2. The monoisotopic (exact) mass is 347 g/mol. The molecule has 0 unspecified atom stereocenters. The third-order valence-electron chi connectivity index (χ3n) is 3.33. The van der Waals surface area contributed by atoms with Gasteiger partial charge in [-0.1, -0.05) is 12.1 Å². The predicted octanol–water partition coefficient (Wildman–Crippen LogP) is 3.36. The number of carbonyl (C=O) groups excluding carboxylic acids is 2. The van der Waals surface area contributed by atoms with Gasteiger partial charge < -0.3 is 10.1 Å². The minimum absolute atomic E-state index is 0.0688. The van der Waals surface area contributed by atoms with Crippen LogP contribution in [0.4, 0.5) is 10.5 Å². The van der Waals surface area contributed by atoms with Gasteiger partial charge in [-0.3, -0.25) is 14.6 Å². The van der Waals surface area contributed by atoms with Crippen LogP contribution < -0.4 is 5.32 Å². The van der Waals surface area contributed by atoms with Crippen molar-refractivity contribution in [1.82, 2.24) is 5.06 Å². The Kier molecular flexibility index (Phi) is 6.14. The molecule has 0 bridgehead atoms. The van der Waals surface area contributed by atoms with Crippen LogP contribution in [0.1, 0.15) is 39.2 Å². The highest BCUT2D eigenvalue weighted by atomic mass is 16.7. The number of aliphatic imine (C=N–C) groups is 1. The van der Waals surface area contributed by atoms with Crippen molar-refractivity contribution in [2.75, 3.05) is 12.4 Å². The highest BCUT2D eigenvalue weighted by molar-refractivity contribution is 5.94. The average molecular weight is 347 g/mol. The van der Waals surface area contributed by atoms with E-state index in [-0.39, 0.29) is 18.4 Å². The van der Waals surface area contributed by atoms with Crippen molar-refractivity contribution in [3.63, 3.8) is 0 Å². The summed E-state index contributed by atoms with van der Waals surface area (Å²) in [6.07, 6.45) is 2.57. The van der Waals surface area contributed by atoms with Gasteiger partial charge in [-0.25, -0.2) is 4.79 Å². The Morgan fingerprint density at radius 1 is 1.28 bits per heavy atom. The molecule has 0 saturated heterocycles. The summed E-state index contributed by atoms with van der Waals surface area (Å²) < 4.78 is 5.26. The summed E-state index contributed by atoms with van der Waals surface area (Å²) in [6.45, 7) is 5.50. The summed E-state index contributed by atoms with van der Waals surface area (Å²) in [6, 6.07) is 7.28. The second-order valence-corrected chi connectivity index (χ2v) is 6.91. The Hall–Kier alpha value is -2.41. The highest BCUT2D eigenvalue weighted by Crippen LogP contribution is 2.30. The van der Waals surface area contributed by atoms with Crippen molar-refractivity contribution in [3.05, 3.63) is 29.8 Å². The zero-order chi connectivity index (χ0) is 18.4. The molecular weight excluding hydrogens is 322 g/mol. The van der Waals surface area contributed by atoms with E-state index in [1.165, 1.54) is 13.4 Å². The van der Waals surface area contributed by atoms with E-state index in [2.05, 4.69) is 10.3 Å². The number of hydroxylamine groups is 2. The zero-order valence-corrected chi connectivity index (χ0v) is 15.1. The minimum atomic E-state index is -0.633. The second kappa shape index (κ2) is 8.11. The van der Waals surface area contributed by atoms with Crippen molar-refractivity contribution >= 4 is 24.0 Å². The molecule has 0 aliphatic heterocycles. The molecule has 2 amide bonds. The van der Waals surface area contributed by atoms with Crippen LogP contribution in [-0.4, -0.2) is 36.1 Å². The van der Waals surface area contributed by atoms with E-state index >= 15 is 0 Å². The van der Waals surface area contributed by atoms with Crippen LogP contribution in [0.2, 0.25) is 0 Å². The SMILES string of the molecule is CN=CN(OCc1ccc(NC(=O)C2CC2)cc1)C(=O)OC(C)(C)C. The van der Waals surface area contributed by atoms with Crippen LogP contribution in [0.5, 0.6) is 0 Å². The summed E-state index contributed by atoms with van der Waals surface area (Å²) in [4.78, 5) is 33.0. The fourth-order valence-corrected chi connectivity index (χ4v) is 1.96. The molecule has 1 N–H and O–H groups in total. The fraction of sp³-hybridized carbons (Fsp3) is 0.500. The molecule has 1 saturated carbocycles. The normalized spacial score (nSPS) is 14.4. The van der Waals surface area contributed by atoms with Crippen molar-refractivity contribution in [2.24, 2.45) is 10.9 Å². The van der Waals surface area contributed by atoms with E-state index in [4.69, 9.17) is 9.57 Å². The first kappa shape index (κ1) is 18.9. The fourth-order valence-electron chi connectivity index (χ4n) is 1.96. The van der Waals surface area contributed by atoms with E-state index in [0.717, 1.165) is 29.2 Å². The zero-order valence-electron chi connectivity index (χ0n) is 15.1. The first-order chi connectivity index (χ1) is 11.8. The number of nitrogens with zero attached hydrogens (tertiary/aromatic N) is 2. The molecule has 1 aliphatic rings. The lowest BCUT2D eigenvalue weighted by Crippen LogP contribution is -2.36. The van der Waals surface area contributed by atoms with E-state index in [1.54, 1.807) is 20.8 Å². The lowest BCUT2D eigenvalue weighted by molar-refractivity contribution is -0.117. The van der Waals surface area contributed by atoms with E-state index in [0.29, 0.717) is 0 Å². The van der Waals surface area contributed by atoms with Gasteiger partial charge in [0.15, 0.2) is 0 Å². The summed E-state index contributed by atoms with van der Waals surface area (Å²) in [5.74, 6) is 0.234. The number of hydrogen-bond donors (Lipinski definition) is 1. The Bertz CT molecular complexity index is 631. The van der Waals surface area contributed by atoms with Gasteiger partial charge in [0.2, 0.25) is 5.91 Å². The van der Waals surface area contributed by atoms with Crippen LogP contribution >= 0.6 is 0 Å². The third-order valence-corrected chi connectivity index (χ3v) is 3.33. The van der Waals surface area contributed by atoms with Crippen LogP contribution in [0.3, 0.4) is 0 Å². The van der Waals surface area contributed by atoms with Crippen LogP contribution in [-0.2, 0) is 21.0 Å². The van der Waals surface area contributed by atoms with Gasteiger partial charge in [0, 0.05) is 18.7 Å². The molecule has 0 spiro atoms. The molecule has 7 heteroatoms. The standard InChI is InChI=1S/C18H25N3O4/c1-18(2,3)25-17(23)21(12-19-4)24-11-13-5-9-15(10-6-13)20-16(22)14-7-8-14/h5-6,9-10,12,14H,7-8,11H2,1-4H3,(H,20,22). The first-order valence-corrected chi connectivity index (χ1v) is 8.26. The maximum Gasteiger partial charge on any atom is 0.440 e. The van der Waals surface area contributed by atoms with Gasteiger partial charge in [0.25, 0.3) is 0 Å². The summed E-state index contributed by atoms with van der Waals surface area (Å²) in [5, 5.41) is 3.84. The summed E-state index contributed by atoms with van der Waals surface area (Å²) in [5.41, 5.74) is 0.976. The Balaban J connectivity index is 1.88. The maximum atomic E-state index is 12.1. The molecule has 0 aromatic heterocycles. The number of carbonyl (C=O) groups is 2. The number of rotatable bonds is 6. The molecule has 0 atom stereocenters. The van der Waals surface area contributed by atoms with Crippen molar-refractivity contribution in [2.45, 2.75) is 45.8 Å². The molecule has 1 aromatic rings. The summed E-state index contributed by atoms with van der Waals surface area (Å²) >= 11 is 0. The van der Waals surface area contributed by atoms with Crippen molar-refractivity contribution < 1.29 is 19.2 Å². The molecule has 2 rings (SSSR count). The molecule has 136 valence electrons. The lowest BCUT2D eigenvalue weighted by Gasteiger charge is -2.24. The van der Waals surface area contributed by atoms with Crippen molar-refractivity contribution in [1.29, 1.82) is 0 Å². The number of anilines is 1. The largest absolute Gasteiger partial charge is 0.442 e.